The number of rotatable bonds is 6. The highest BCUT2D eigenvalue weighted by Crippen LogP contribution is 2.46. The summed E-state index contributed by atoms with van der Waals surface area (Å²) in [7, 11) is 0. The Balaban J connectivity index is 1.32. The number of hydrogen-bond donors (Lipinski definition) is 1. The number of ether oxygens (including phenoxy) is 2. The summed E-state index contributed by atoms with van der Waals surface area (Å²) in [6.07, 6.45) is 3.77. The average Bonchev–Trinajstić information content (AvgIpc) is 3.38. The summed E-state index contributed by atoms with van der Waals surface area (Å²) in [6.45, 7) is 2.68. The van der Waals surface area contributed by atoms with Crippen molar-refractivity contribution in [3.05, 3.63) is 89.5 Å². The molecule has 1 aliphatic heterocycles. The van der Waals surface area contributed by atoms with Crippen LogP contribution in [-0.2, 0) is 21.4 Å². The highest BCUT2D eigenvalue weighted by atomic mass is 16.5. The molecule has 4 nitrogen and oxygen atoms in total. The maximum atomic E-state index is 12.9. The summed E-state index contributed by atoms with van der Waals surface area (Å²) in [6, 6.07) is 24.8. The summed E-state index contributed by atoms with van der Waals surface area (Å²) in [4.78, 5) is 12.9. The van der Waals surface area contributed by atoms with Crippen molar-refractivity contribution < 1.29 is 19.4 Å². The Kier molecular flexibility index (Phi) is 6.42. The highest BCUT2D eigenvalue weighted by Gasteiger charge is 2.45. The second-order valence-corrected chi connectivity index (χ2v) is 9.55. The lowest BCUT2D eigenvalue weighted by atomic mass is 9.77. The van der Waals surface area contributed by atoms with Crippen LogP contribution in [0.25, 0.3) is 11.1 Å². The van der Waals surface area contributed by atoms with Gasteiger partial charge >= 0.3 is 5.97 Å². The smallest absolute Gasteiger partial charge is 0.316 e. The lowest BCUT2D eigenvalue weighted by molar-refractivity contribution is -0.150. The van der Waals surface area contributed by atoms with Crippen LogP contribution in [0, 0.1) is 5.92 Å². The van der Waals surface area contributed by atoms with Gasteiger partial charge in [-0.25, -0.2) is 0 Å². The summed E-state index contributed by atoms with van der Waals surface area (Å²) in [5, 5.41) is 11.2. The number of carbonyl (C=O) groups excluding carboxylic acids is 1. The molecule has 5 rings (SSSR count). The van der Waals surface area contributed by atoms with E-state index in [9.17, 15) is 9.90 Å². The summed E-state index contributed by atoms with van der Waals surface area (Å²) in [5.41, 5.74) is 4.73. The van der Waals surface area contributed by atoms with Crippen molar-refractivity contribution in [3.8, 4) is 16.9 Å². The van der Waals surface area contributed by atoms with E-state index in [1.54, 1.807) is 0 Å². The Hall–Kier alpha value is -3.11. The fourth-order valence-corrected chi connectivity index (χ4v) is 5.54. The molecule has 0 bridgehead atoms. The van der Waals surface area contributed by atoms with Crippen molar-refractivity contribution in [1.82, 2.24) is 0 Å². The minimum absolute atomic E-state index is 0.0218. The first-order valence-corrected chi connectivity index (χ1v) is 12.4. The van der Waals surface area contributed by atoms with Crippen LogP contribution < -0.4 is 4.74 Å². The minimum atomic E-state index is -0.603. The number of benzene rings is 3. The number of aliphatic hydroxyl groups is 1. The van der Waals surface area contributed by atoms with Crippen LogP contribution in [0.1, 0.15) is 55.4 Å². The molecule has 0 saturated heterocycles. The predicted octanol–water partition coefficient (Wildman–Crippen LogP) is 6.01. The maximum Gasteiger partial charge on any atom is 0.316 e. The van der Waals surface area contributed by atoms with Crippen molar-refractivity contribution >= 4 is 5.97 Å². The van der Waals surface area contributed by atoms with Crippen molar-refractivity contribution in [1.29, 1.82) is 0 Å². The molecule has 0 unspecified atom stereocenters. The van der Waals surface area contributed by atoms with E-state index in [-0.39, 0.29) is 11.9 Å². The van der Waals surface area contributed by atoms with Crippen LogP contribution in [-0.4, -0.2) is 24.3 Å². The Morgan fingerprint density at radius 1 is 1.00 bits per heavy atom. The molecule has 34 heavy (non-hydrogen) atoms. The lowest BCUT2D eigenvalue weighted by Gasteiger charge is -2.33. The Labute approximate surface area is 201 Å². The molecule has 176 valence electrons. The van der Waals surface area contributed by atoms with E-state index >= 15 is 0 Å². The Morgan fingerprint density at radius 3 is 2.41 bits per heavy atom. The maximum absolute atomic E-state index is 12.9. The molecule has 3 aromatic rings. The normalized spacial score (nSPS) is 20.9. The Morgan fingerprint density at radius 2 is 1.71 bits per heavy atom. The van der Waals surface area contributed by atoms with Gasteiger partial charge in [-0.1, -0.05) is 79.6 Å². The van der Waals surface area contributed by atoms with Gasteiger partial charge in [-0.15, -0.1) is 0 Å². The molecule has 1 aliphatic carbocycles. The highest BCUT2D eigenvalue weighted by molar-refractivity contribution is 5.84. The minimum Gasteiger partial charge on any atom is -0.493 e. The fraction of sp³-hybridized carbons (Fsp3) is 0.367. The molecule has 0 spiro atoms. The zero-order valence-corrected chi connectivity index (χ0v) is 19.7. The predicted molar refractivity (Wildman–Crippen MR) is 133 cm³/mol. The second kappa shape index (κ2) is 9.63. The first-order valence-electron chi connectivity index (χ1n) is 12.4. The molecule has 1 saturated carbocycles. The van der Waals surface area contributed by atoms with E-state index < -0.39 is 11.5 Å². The molecular formula is C30H32O4. The third kappa shape index (κ3) is 4.23. The zero-order chi connectivity index (χ0) is 23.5. The van der Waals surface area contributed by atoms with Gasteiger partial charge in [0.1, 0.15) is 5.75 Å². The van der Waals surface area contributed by atoms with Gasteiger partial charge in [0.05, 0.1) is 24.7 Å². The molecule has 2 aliphatic rings. The largest absolute Gasteiger partial charge is 0.493 e. The third-order valence-electron chi connectivity index (χ3n) is 7.47. The topological polar surface area (TPSA) is 55.8 Å². The zero-order valence-electron chi connectivity index (χ0n) is 19.7. The summed E-state index contributed by atoms with van der Waals surface area (Å²) >= 11 is 0. The first kappa shape index (κ1) is 22.7. The number of esters is 1. The number of hydrogen-bond acceptors (Lipinski definition) is 4. The van der Waals surface area contributed by atoms with E-state index in [2.05, 4.69) is 36.4 Å². The molecule has 1 heterocycles. The van der Waals surface area contributed by atoms with E-state index in [1.165, 1.54) is 16.7 Å². The summed E-state index contributed by atoms with van der Waals surface area (Å²) in [5.74, 6) is 0.531. The molecule has 0 radical (unpaired) electrons. The second-order valence-electron chi connectivity index (χ2n) is 9.55. The van der Waals surface area contributed by atoms with Crippen LogP contribution in [0.5, 0.6) is 5.75 Å². The number of aliphatic hydroxyl groups excluding tert-OH is 1. The molecule has 1 N–H and O–H groups in total. The van der Waals surface area contributed by atoms with Crippen molar-refractivity contribution in [2.24, 2.45) is 5.92 Å². The molecular weight excluding hydrogens is 424 g/mol. The van der Waals surface area contributed by atoms with Crippen LogP contribution in [0.3, 0.4) is 0 Å². The van der Waals surface area contributed by atoms with E-state index in [4.69, 9.17) is 9.47 Å². The van der Waals surface area contributed by atoms with E-state index in [0.717, 1.165) is 43.2 Å². The van der Waals surface area contributed by atoms with Gasteiger partial charge in [-0.2, -0.15) is 0 Å². The van der Waals surface area contributed by atoms with Crippen molar-refractivity contribution in [2.45, 2.75) is 50.5 Å². The SMILES string of the molecule is CCOC(=O)C1(c2ccc3c(c2)OC[C@@H](Cc2ccc(-c4ccccc4)cc2)[C@H]3O)CCCC1. The van der Waals surface area contributed by atoms with Crippen molar-refractivity contribution in [2.75, 3.05) is 13.2 Å². The molecule has 0 aromatic heterocycles. The molecule has 3 aromatic carbocycles. The van der Waals surface area contributed by atoms with Crippen LogP contribution >= 0.6 is 0 Å². The van der Waals surface area contributed by atoms with Gasteiger partial charge in [0, 0.05) is 11.5 Å². The third-order valence-corrected chi connectivity index (χ3v) is 7.47. The van der Waals surface area contributed by atoms with Gasteiger partial charge in [-0.05, 0) is 54.5 Å². The number of carbonyl (C=O) groups is 1. The van der Waals surface area contributed by atoms with Gasteiger partial charge in [0.2, 0.25) is 0 Å². The Bertz CT molecular complexity index is 1130. The average molecular weight is 457 g/mol. The molecule has 4 heteroatoms. The summed E-state index contributed by atoms with van der Waals surface area (Å²) < 4.78 is 11.6. The monoisotopic (exact) mass is 456 g/mol. The molecule has 1 fully saturated rings. The lowest BCUT2D eigenvalue weighted by Crippen LogP contribution is -2.35. The quantitative estimate of drug-likeness (QED) is 0.461. The number of fused-ring (bicyclic) bond motifs is 1. The van der Waals surface area contributed by atoms with Gasteiger partial charge < -0.3 is 14.6 Å². The van der Waals surface area contributed by atoms with Crippen LogP contribution in [0.2, 0.25) is 0 Å². The standard InChI is InChI=1S/C30H32O4/c1-2-33-29(32)30(16-6-7-17-30)25-14-15-26-27(19-25)34-20-24(28(26)31)18-21-10-12-23(13-11-21)22-8-4-3-5-9-22/h3-5,8-15,19,24,28,31H,2,6-7,16-18,20H2,1H3/t24-,28-/m1/s1. The van der Waals surface area contributed by atoms with Gasteiger partial charge in [0.15, 0.2) is 0 Å². The van der Waals surface area contributed by atoms with Crippen LogP contribution in [0.4, 0.5) is 0 Å². The van der Waals surface area contributed by atoms with Gasteiger partial charge in [0.25, 0.3) is 0 Å². The van der Waals surface area contributed by atoms with Gasteiger partial charge in [-0.3, -0.25) is 4.79 Å². The molecule has 0 amide bonds. The van der Waals surface area contributed by atoms with Crippen molar-refractivity contribution in [3.63, 3.8) is 0 Å². The fourth-order valence-electron chi connectivity index (χ4n) is 5.54. The van der Waals surface area contributed by atoms with E-state index in [1.807, 2.05) is 43.3 Å². The first-order chi connectivity index (χ1) is 16.6. The van der Waals surface area contributed by atoms with Crippen LogP contribution in [0.15, 0.2) is 72.8 Å². The van der Waals surface area contributed by atoms with E-state index in [0.29, 0.717) is 19.0 Å². The molecule has 2 atom stereocenters.